The molecule has 0 spiro atoms. The monoisotopic (exact) mass is 289 g/mol. The highest BCUT2D eigenvalue weighted by molar-refractivity contribution is 7.99. The lowest BCUT2D eigenvalue weighted by Gasteiger charge is -2.16. The van der Waals surface area contributed by atoms with Gasteiger partial charge in [-0.2, -0.15) is 0 Å². The molecule has 4 heteroatoms. The van der Waals surface area contributed by atoms with E-state index in [0.717, 1.165) is 5.69 Å². The summed E-state index contributed by atoms with van der Waals surface area (Å²) in [6.45, 7) is 0. The Balaban J connectivity index is 1.85. The molecule has 1 amide bonds. The Hall–Kier alpha value is -1.81. The van der Waals surface area contributed by atoms with Crippen molar-refractivity contribution in [1.82, 2.24) is 0 Å². The van der Waals surface area contributed by atoms with Crippen LogP contribution in [0, 0.1) is 5.82 Å². The van der Waals surface area contributed by atoms with Gasteiger partial charge in [0.2, 0.25) is 5.91 Å². The largest absolute Gasteiger partial charge is 0.315 e. The summed E-state index contributed by atoms with van der Waals surface area (Å²) in [5, 5.41) is 0. The topological polar surface area (TPSA) is 20.3 Å². The number of nitrogens with zero attached hydrogens (tertiary/aromatic N) is 1. The summed E-state index contributed by atoms with van der Waals surface area (Å²) in [5.74, 6) is 0.627. The minimum absolute atomic E-state index is 0.0116. The van der Waals surface area contributed by atoms with Crippen molar-refractivity contribution < 1.29 is 9.18 Å². The van der Waals surface area contributed by atoms with Crippen LogP contribution in [0.15, 0.2) is 54.6 Å². The van der Waals surface area contributed by atoms with E-state index in [4.69, 9.17) is 0 Å². The van der Waals surface area contributed by atoms with Crippen molar-refractivity contribution in [2.75, 3.05) is 17.7 Å². The number of thioether (sulfide) groups is 1. The van der Waals surface area contributed by atoms with Crippen LogP contribution < -0.4 is 4.90 Å². The Morgan fingerprint density at radius 1 is 1.10 bits per heavy atom. The molecule has 2 rings (SSSR count). The molecule has 0 aromatic heterocycles. The number of carbonyl (C=O) groups excluding carboxylic acids is 1. The Bertz CT molecular complexity index is 574. The van der Waals surface area contributed by atoms with Crippen molar-refractivity contribution in [3.8, 4) is 0 Å². The minimum Gasteiger partial charge on any atom is -0.315 e. The van der Waals surface area contributed by atoms with Gasteiger partial charge in [0, 0.05) is 18.5 Å². The van der Waals surface area contributed by atoms with Gasteiger partial charge in [-0.3, -0.25) is 4.79 Å². The molecule has 0 saturated heterocycles. The van der Waals surface area contributed by atoms with Crippen molar-refractivity contribution in [3.63, 3.8) is 0 Å². The zero-order chi connectivity index (χ0) is 14.4. The standard InChI is InChI=1S/C16H16FNOS/c1-18(14-8-3-2-4-9-14)16(19)12-20-11-13-7-5-6-10-15(13)17/h2-10H,11-12H2,1H3. The highest BCUT2D eigenvalue weighted by Gasteiger charge is 2.11. The normalized spacial score (nSPS) is 10.3. The molecule has 0 aliphatic carbocycles. The van der Waals surface area contributed by atoms with Gasteiger partial charge in [-0.25, -0.2) is 4.39 Å². The summed E-state index contributed by atoms with van der Waals surface area (Å²) in [5.41, 5.74) is 1.50. The molecule has 104 valence electrons. The molecular weight excluding hydrogens is 273 g/mol. The first-order valence-electron chi connectivity index (χ1n) is 6.31. The summed E-state index contributed by atoms with van der Waals surface area (Å²) in [6, 6.07) is 16.1. The predicted octanol–water partition coefficient (Wildman–Crippen LogP) is 3.72. The van der Waals surface area contributed by atoms with Gasteiger partial charge in [0.05, 0.1) is 5.75 Å². The van der Waals surface area contributed by atoms with Crippen LogP contribution in [0.1, 0.15) is 5.56 Å². The fourth-order valence-corrected chi connectivity index (χ4v) is 2.68. The van der Waals surface area contributed by atoms with E-state index in [2.05, 4.69) is 0 Å². The van der Waals surface area contributed by atoms with Crippen LogP contribution in [0.4, 0.5) is 10.1 Å². The van der Waals surface area contributed by atoms with Crippen LogP contribution in [-0.4, -0.2) is 18.7 Å². The molecule has 0 aliphatic rings. The summed E-state index contributed by atoms with van der Waals surface area (Å²) < 4.78 is 13.4. The SMILES string of the molecule is CN(C(=O)CSCc1ccccc1F)c1ccccc1. The highest BCUT2D eigenvalue weighted by Crippen LogP contribution is 2.17. The molecule has 2 aromatic rings. The number of carbonyl (C=O) groups is 1. The van der Waals surface area contributed by atoms with Crippen molar-refractivity contribution >= 4 is 23.4 Å². The van der Waals surface area contributed by atoms with Gasteiger partial charge >= 0.3 is 0 Å². The number of rotatable bonds is 5. The van der Waals surface area contributed by atoms with Crippen LogP contribution in [0.2, 0.25) is 0 Å². The lowest BCUT2D eigenvalue weighted by Crippen LogP contribution is -2.27. The smallest absolute Gasteiger partial charge is 0.236 e. The Kier molecular flexibility index (Phi) is 5.18. The first-order valence-corrected chi connectivity index (χ1v) is 7.46. The molecule has 0 unspecified atom stereocenters. The number of anilines is 1. The number of amides is 1. The molecule has 0 bridgehead atoms. The Morgan fingerprint density at radius 3 is 2.45 bits per heavy atom. The summed E-state index contributed by atoms with van der Waals surface area (Å²) in [4.78, 5) is 13.6. The number of hydrogen-bond acceptors (Lipinski definition) is 2. The number of halogens is 1. The second-order valence-electron chi connectivity index (χ2n) is 4.37. The van der Waals surface area contributed by atoms with Crippen LogP contribution in [-0.2, 0) is 10.5 Å². The number of benzene rings is 2. The predicted molar refractivity (Wildman–Crippen MR) is 82.4 cm³/mol. The molecule has 0 fully saturated rings. The zero-order valence-corrected chi connectivity index (χ0v) is 12.1. The second kappa shape index (κ2) is 7.10. The maximum absolute atomic E-state index is 13.4. The average molecular weight is 289 g/mol. The zero-order valence-electron chi connectivity index (χ0n) is 11.3. The molecule has 0 aliphatic heterocycles. The van der Waals surface area contributed by atoms with E-state index < -0.39 is 0 Å². The van der Waals surface area contributed by atoms with Gasteiger partial charge in [-0.15, -0.1) is 11.8 Å². The van der Waals surface area contributed by atoms with Crippen LogP contribution in [0.5, 0.6) is 0 Å². The van der Waals surface area contributed by atoms with E-state index in [9.17, 15) is 9.18 Å². The third-order valence-corrected chi connectivity index (χ3v) is 3.92. The van der Waals surface area contributed by atoms with Crippen molar-refractivity contribution in [2.24, 2.45) is 0 Å². The van der Waals surface area contributed by atoms with E-state index in [1.165, 1.54) is 17.8 Å². The van der Waals surface area contributed by atoms with Crippen molar-refractivity contribution in [2.45, 2.75) is 5.75 Å². The average Bonchev–Trinajstić information content (AvgIpc) is 2.49. The maximum atomic E-state index is 13.4. The molecule has 2 aromatic carbocycles. The Morgan fingerprint density at radius 2 is 1.75 bits per heavy atom. The van der Waals surface area contributed by atoms with Gasteiger partial charge in [-0.05, 0) is 23.8 Å². The third kappa shape index (κ3) is 3.84. The van der Waals surface area contributed by atoms with E-state index >= 15 is 0 Å². The number of para-hydroxylation sites is 1. The fraction of sp³-hybridized carbons (Fsp3) is 0.188. The third-order valence-electron chi connectivity index (χ3n) is 2.96. The number of hydrogen-bond donors (Lipinski definition) is 0. The second-order valence-corrected chi connectivity index (χ2v) is 5.36. The lowest BCUT2D eigenvalue weighted by molar-refractivity contribution is -0.115. The van der Waals surface area contributed by atoms with E-state index in [0.29, 0.717) is 17.1 Å². The van der Waals surface area contributed by atoms with E-state index in [1.54, 1.807) is 30.1 Å². The minimum atomic E-state index is -0.219. The van der Waals surface area contributed by atoms with E-state index in [1.807, 2.05) is 30.3 Å². The summed E-state index contributed by atoms with van der Waals surface area (Å²) >= 11 is 1.42. The first kappa shape index (κ1) is 14.6. The van der Waals surface area contributed by atoms with Gasteiger partial charge in [-0.1, -0.05) is 36.4 Å². The van der Waals surface area contributed by atoms with Crippen LogP contribution >= 0.6 is 11.8 Å². The lowest BCUT2D eigenvalue weighted by atomic mass is 10.2. The molecular formula is C16H16FNOS. The summed E-state index contributed by atoms with van der Waals surface area (Å²) in [6.07, 6.45) is 0. The molecule has 0 heterocycles. The van der Waals surface area contributed by atoms with Crippen molar-refractivity contribution in [3.05, 3.63) is 66.0 Å². The highest BCUT2D eigenvalue weighted by atomic mass is 32.2. The maximum Gasteiger partial charge on any atom is 0.236 e. The summed E-state index contributed by atoms with van der Waals surface area (Å²) in [7, 11) is 1.75. The fourth-order valence-electron chi connectivity index (χ4n) is 1.76. The quantitative estimate of drug-likeness (QED) is 0.836. The molecule has 0 N–H and O–H groups in total. The molecule has 0 radical (unpaired) electrons. The first-order chi connectivity index (χ1) is 9.68. The van der Waals surface area contributed by atoms with Gasteiger partial charge in [0.25, 0.3) is 0 Å². The van der Waals surface area contributed by atoms with E-state index in [-0.39, 0.29) is 11.7 Å². The van der Waals surface area contributed by atoms with Crippen molar-refractivity contribution in [1.29, 1.82) is 0 Å². The molecule has 2 nitrogen and oxygen atoms in total. The van der Waals surface area contributed by atoms with Gasteiger partial charge in [0.15, 0.2) is 0 Å². The van der Waals surface area contributed by atoms with Crippen LogP contribution in [0.3, 0.4) is 0 Å². The molecule has 0 saturated carbocycles. The molecule has 0 atom stereocenters. The molecule has 20 heavy (non-hydrogen) atoms. The van der Waals surface area contributed by atoms with Crippen LogP contribution in [0.25, 0.3) is 0 Å². The Labute approximate surface area is 122 Å². The van der Waals surface area contributed by atoms with Gasteiger partial charge in [0.1, 0.15) is 5.82 Å². The van der Waals surface area contributed by atoms with Gasteiger partial charge < -0.3 is 4.90 Å².